The second-order valence-corrected chi connectivity index (χ2v) is 12.3. The van der Waals surface area contributed by atoms with E-state index in [2.05, 4.69) is 97.8 Å². The van der Waals surface area contributed by atoms with Gasteiger partial charge in [0.15, 0.2) is 0 Å². The molecule has 0 radical (unpaired) electrons. The van der Waals surface area contributed by atoms with Gasteiger partial charge >= 0.3 is 0 Å². The smallest absolute Gasteiger partial charge is 0.251 e. The van der Waals surface area contributed by atoms with Gasteiger partial charge in [0.25, 0.3) is 5.91 Å². The lowest BCUT2D eigenvalue weighted by Crippen LogP contribution is -2.53. The molecule has 2 aromatic rings. The predicted molar refractivity (Wildman–Crippen MR) is 164 cm³/mol. The molecular formula is C36H46N2O. The number of carbonyl (C=O) groups is 1. The summed E-state index contributed by atoms with van der Waals surface area (Å²) in [5.41, 5.74) is 8.91. The van der Waals surface area contributed by atoms with Crippen LogP contribution in [-0.4, -0.2) is 36.5 Å². The Morgan fingerprint density at radius 2 is 1.85 bits per heavy atom. The quantitative estimate of drug-likeness (QED) is 0.325. The summed E-state index contributed by atoms with van der Waals surface area (Å²) in [7, 11) is 0. The summed E-state index contributed by atoms with van der Waals surface area (Å²) < 4.78 is 0. The van der Waals surface area contributed by atoms with E-state index in [0.717, 1.165) is 30.7 Å². The minimum Gasteiger partial charge on any atom is -0.352 e. The van der Waals surface area contributed by atoms with Crippen molar-refractivity contribution < 1.29 is 4.79 Å². The van der Waals surface area contributed by atoms with Gasteiger partial charge in [-0.3, -0.25) is 9.69 Å². The molecule has 1 saturated carbocycles. The van der Waals surface area contributed by atoms with Gasteiger partial charge < -0.3 is 5.32 Å². The number of nitrogens with zero attached hydrogens (tertiary/aromatic N) is 1. The largest absolute Gasteiger partial charge is 0.352 e. The Labute approximate surface area is 236 Å². The third-order valence-electron chi connectivity index (χ3n) is 9.21. The number of carbonyl (C=O) groups excluding carboxylic acids is 1. The lowest BCUT2D eigenvalue weighted by atomic mass is 9.62. The van der Waals surface area contributed by atoms with Gasteiger partial charge in [0, 0.05) is 24.7 Å². The Morgan fingerprint density at radius 3 is 2.54 bits per heavy atom. The van der Waals surface area contributed by atoms with E-state index in [1.54, 1.807) is 0 Å². The molecule has 3 heteroatoms. The van der Waals surface area contributed by atoms with E-state index in [0.29, 0.717) is 12.6 Å². The van der Waals surface area contributed by atoms with Crippen molar-refractivity contribution in [3.8, 4) is 0 Å². The van der Waals surface area contributed by atoms with Crippen molar-refractivity contribution in [3.05, 3.63) is 100 Å². The van der Waals surface area contributed by atoms with Crippen LogP contribution in [0.25, 0.3) is 5.57 Å². The monoisotopic (exact) mass is 522 g/mol. The number of fused-ring (bicyclic) bond motifs is 4. The standard InChI is InChI=1S/C36H46N2O/c1-5-7-29(13-8-26(3)4)30-14-11-27(12-15-30)18-20-37-35(39)32-17-16-31-22-33-24-36(6-2,34(31)23-32)19-21-38(33)25-28-9-10-28/h5,7-8,11-17,23,28,33H,6,9-10,18-22,24-25H2,1-4H3,(H,37,39). The number of likely N-dealkylation sites (tertiary alicyclic amines) is 1. The highest BCUT2D eigenvalue weighted by Gasteiger charge is 2.45. The average Bonchev–Trinajstić information content (AvgIpc) is 3.77. The Hall–Kier alpha value is -2.91. The summed E-state index contributed by atoms with van der Waals surface area (Å²) in [5.74, 6) is 0.999. The summed E-state index contributed by atoms with van der Waals surface area (Å²) in [6.07, 6.45) is 17.0. The third-order valence-corrected chi connectivity index (χ3v) is 9.21. The predicted octanol–water partition coefficient (Wildman–Crippen LogP) is 7.66. The van der Waals surface area contributed by atoms with Crippen LogP contribution in [0.2, 0.25) is 0 Å². The molecule has 39 heavy (non-hydrogen) atoms. The molecule has 2 aliphatic carbocycles. The number of nitrogens with one attached hydrogen (secondary N) is 1. The van der Waals surface area contributed by atoms with Crippen LogP contribution >= 0.6 is 0 Å². The zero-order chi connectivity index (χ0) is 27.4. The molecule has 1 amide bonds. The van der Waals surface area contributed by atoms with Gasteiger partial charge in [-0.25, -0.2) is 0 Å². The molecular weight excluding hydrogens is 476 g/mol. The molecule has 0 spiro atoms. The van der Waals surface area contributed by atoms with Crippen molar-refractivity contribution in [1.29, 1.82) is 0 Å². The highest BCUT2D eigenvalue weighted by Crippen LogP contribution is 2.48. The fraction of sp³-hybridized carbons (Fsp3) is 0.472. The first-order valence-electron chi connectivity index (χ1n) is 15.1. The Bertz CT molecular complexity index is 1260. The van der Waals surface area contributed by atoms with Crippen LogP contribution in [0, 0.1) is 5.92 Å². The first-order chi connectivity index (χ1) is 18.9. The lowest BCUT2D eigenvalue weighted by molar-refractivity contribution is 0.0732. The average molecular weight is 523 g/mol. The summed E-state index contributed by atoms with van der Waals surface area (Å²) >= 11 is 0. The topological polar surface area (TPSA) is 32.3 Å². The SMILES string of the molecule is CC=CC(=CC=C(C)C)c1ccc(CCNC(=O)c2ccc3c(c2)C2(CC)CCN(CC4CC4)C(C3)C2)cc1. The minimum atomic E-state index is 0.0500. The summed E-state index contributed by atoms with van der Waals surface area (Å²) in [5, 5.41) is 3.19. The van der Waals surface area contributed by atoms with Gasteiger partial charge in [0.2, 0.25) is 0 Å². The van der Waals surface area contributed by atoms with Crippen LogP contribution in [0.5, 0.6) is 0 Å². The van der Waals surface area contributed by atoms with Gasteiger partial charge in [-0.1, -0.05) is 67.1 Å². The minimum absolute atomic E-state index is 0.0500. The van der Waals surface area contributed by atoms with E-state index in [4.69, 9.17) is 0 Å². The molecule has 2 bridgehead atoms. The molecule has 2 unspecified atom stereocenters. The zero-order valence-electron chi connectivity index (χ0n) is 24.4. The number of hydrogen-bond acceptors (Lipinski definition) is 2. The fourth-order valence-corrected chi connectivity index (χ4v) is 6.67. The Morgan fingerprint density at radius 1 is 1.08 bits per heavy atom. The van der Waals surface area contributed by atoms with Crippen molar-refractivity contribution >= 4 is 11.5 Å². The number of rotatable bonds is 10. The maximum Gasteiger partial charge on any atom is 0.251 e. The van der Waals surface area contributed by atoms with Crippen LogP contribution in [0.4, 0.5) is 0 Å². The number of amides is 1. The molecule has 1 N–H and O–H groups in total. The van der Waals surface area contributed by atoms with Gasteiger partial charge in [0.1, 0.15) is 0 Å². The summed E-state index contributed by atoms with van der Waals surface area (Å²) in [4.78, 5) is 15.9. The first-order valence-corrected chi connectivity index (χ1v) is 15.1. The van der Waals surface area contributed by atoms with Gasteiger partial charge in [-0.15, -0.1) is 0 Å². The first kappa shape index (κ1) is 27.6. The van der Waals surface area contributed by atoms with Crippen molar-refractivity contribution in [2.75, 3.05) is 19.6 Å². The fourth-order valence-electron chi connectivity index (χ4n) is 6.67. The third kappa shape index (κ3) is 6.47. The van der Waals surface area contributed by atoms with E-state index < -0.39 is 0 Å². The van der Waals surface area contributed by atoms with E-state index >= 15 is 0 Å². The normalized spacial score (nSPS) is 23.0. The molecule has 5 rings (SSSR count). The highest BCUT2D eigenvalue weighted by molar-refractivity contribution is 5.94. The van der Waals surface area contributed by atoms with E-state index in [-0.39, 0.29) is 11.3 Å². The molecule has 2 aromatic carbocycles. The molecule has 1 heterocycles. The number of benzene rings is 2. The van der Waals surface area contributed by atoms with Crippen LogP contribution < -0.4 is 5.32 Å². The van der Waals surface area contributed by atoms with E-state index in [1.165, 1.54) is 72.2 Å². The second kappa shape index (κ2) is 12.1. The highest BCUT2D eigenvalue weighted by atomic mass is 16.1. The number of piperidine rings is 1. The lowest BCUT2D eigenvalue weighted by Gasteiger charge is -2.51. The van der Waals surface area contributed by atoms with Crippen molar-refractivity contribution in [2.45, 2.75) is 84.1 Å². The van der Waals surface area contributed by atoms with E-state index in [1.807, 2.05) is 6.92 Å². The molecule has 3 nitrogen and oxygen atoms in total. The molecule has 1 aliphatic heterocycles. The molecule has 2 fully saturated rings. The molecule has 206 valence electrons. The van der Waals surface area contributed by atoms with Crippen LogP contribution in [0.3, 0.4) is 0 Å². The van der Waals surface area contributed by atoms with Crippen molar-refractivity contribution in [3.63, 3.8) is 0 Å². The van der Waals surface area contributed by atoms with E-state index in [9.17, 15) is 4.79 Å². The van der Waals surface area contributed by atoms with Crippen molar-refractivity contribution in [2.24, 2.45) is 5.92 Å². The molecule has 1 saturated heterocycles. The Kier molecular flexibility index (Phi) is 8.57. The number of allylic oxidation sites excluding steroid dienone is 6. The maximum atomic E-state index is 13.2. The Balaban J connectivity index is 1.21. The summed E-state index contributed by atoms with van der Waals surface area (Å²) in [6.45, 7) is 11.8. The van der Waals surface area contributed by atoms with Crippen LogP contribution in [-0.2, 0) is 18.3 Å². The zero-order valence-corrected chi connectivity index (χ0v) is 24.4. The van der Waals surface area contributed by atoms with Crippen molar-refractivity contribution in [1.82, 2.24) is 10.2 Å². The second-order valence-electron chi connectivity index (χ2n) is 12.3. The molecule has 0 aromatic heterocycles. The molecule has 3 aliphatic rings. The molecule has 2 atom stereocenters. The van der Waals surface area contributed by atoms with Gasteiger partial charge in [0.05, 0.1) is 0 Å². The van der Waals surface area contributed by atoms with Gasteiger partial charge in [-0.05, 0) is 124 Å². The van der Waals surface area contributed by atoms with Crippen LogP contribution in [0.1, 0.15) is 92.4 Å². The van der Waals surface area contributed by atoms with Crippen LogP contribution in [0.15, 0.2) is 72.3 Å². The summed E-state index contributed by atoms with van der Waals surface area (Å²) in [6, 6.07) is 15.9. The maximum absolute atomic E-state index is 13.2. The van der Waals surface area contributed by atoms with Gasteiger partial charge in [-0.2, -0.15) is 0 Å². The number of hydrogen-bond donors (Lipinski definition) is 1.